The van der Waals surface area contributed by atoms with Crippen molar-refractivity contribution in [2.75, 3.05) is 6.79 Å². The maximum absolute atomic E-state index is 12.7. The minimum Gasteiger partial charge on any atom is -0.454 e. The summed E-state index contributed by atoms with van der Waals surface area (Å²) in [6, 6.07) is 10.4. The third-order valence-corrected chi connectivity index (χ3v) is 3.72. The lowest BCUT2D eigenvalue weighted by Crippen LogP contribution is -2.31. The van der Waals surface area contributed by atoms with Crippen molar-refractivity contribution in [1.82, 2.24) is 10.7 Å². The summed E-state index contributed by atoms with van der Waals surface area (Å²) in [6.07, 6.45) is -3.12. The number of nitrogens with one attached hydrogen (secondary N) is 2. The van der Waals surface area contributed by atoms with Gasteiger partial charge in [0.25, 0.3) is 0 Å². The summed E-state index contributed by atoms with van der Waals surface area (Å²) in [5.74, 6) is 1.37. The number of hydrogen-bond acceptors (Lipinski definition) is 4. The van der Waals surface area contributed by atoms with Gasteiger partial charge in [-0.15, -0.1) is 0 Å². The fraction of sp³-hybridized carbons (Fsp3) is 0.176. The van der Waals surface area contributed by atoms with Crippen LogP contribution in [-0.4, -0.2) is 18.1 Å². The number of alkyl halides is 3. The summed E-state index contributed by atoms with van der Waals surface area (Å²) in [6.45, 7) is 0.637. The summed E-state index contributed by atoms with van der Waals surface area (Å²) in [5.41, 5.74) is 3.07. The fourth-order valence-corrected chi connectivity index (χ4v) is 2.36. The van der Waals surface area contributed by atoms with E-state index in [1.807, 2.05) is 18.2 Å². The van der Waals surface area contributed by atoms with E-state index in [1.165, 1.54) is 18.3 Å². The Balaban J connectivity index is 1.50. The van der Waals surface area contributed by atoms with Crippen LogP contribution in [0, 0.1) is 0 Å². The summed E-state index contributed by atoms with van der Waals surface area (Å²) in [4.78, 5) is 0. The summed E-state index contributed by atoms with van der Waals surface area (Å²) in [5, 5.41) is 7.03. The number of ether oxygens (including phenoxy) is 2. The van der Waals surface area contributed by atoms with Crippen LogP contribution in [0.1, 0.15) is 16.7 Å². The first-order chi connectivity index (χ1) is 12.4. The van der Waals surface area contributed by atoms with Gasteiger partial charge < -0.3 is 14.8 Å². The predicted molar refractivity (Wildman–Crippen MR) is 94.2 cm³/mol. The normalized spacial score (nSPS) is 13.0. The molecule has 0 saturated heterocycles. The monoisotopic (exact) mass is 381 g/mol. The number of thiocarbonyl (C=S) groups is 1. The number of benzene rings is 2. The van der Waals surface area contributed by atoms with E-state index in [-0.39, 0.29) is 11.9 Å². The van der Waals surface area contributed by atoms with Crippen LogP contribution in [0.5, 0.6) is 11.5 Å². The highest BCUT2D eigenvalue weighted by molar-refractivity contribution is 7.80. The van der Waals surface area contributed by atoms with E-state index in [4.69, 9.17) is 21.7 Å². The number of rotatable bonds is 4. The van der Waals surface area contributed by atoms with Crippen LogP contribution in [0.4, 0.5) is 13.2 Å². The van der Waals surface area contributed by atoms with Gasteiger partial charge >= 0.3 is 6.18 Å². The van der Waals surface area contributed by atoms with E-state index in [0.29, 0.717) is 23.6 Å². The van der Waals surface area contributed by atoms with Gasteiger partial charge in [0, 0.05) is 6.54 Å². The SMILES string of the molecule is FC(F)(F)c1cccc(/C=N\NC(=S)NCc2ccc3c(c2)OCO3)c1. The maximum Gasteiger partial charge on any atom is 0.416 e. The molecule has 1 heterocycles. The van der Waals surface area contributed by atoms with E-state index in [1.54, 1.807) is 0 Å². The smallest absolute Gasteiger partial charge is 0.416 e. The van der Waals surface area contributed by atoms with Crippen LogP contribution < -0.4 is 20.2 Å². The largest absolute Gasteiger partial charge is 0.454 e. The van der Waals surface area contributed by atoms with Crippen molar-refractivity contribution in [3.8, 4) is 11.5 Å². The van der Waals surface area contributed by atoms with Crippen molar-refractivity contribution < 1.29 is 22.6 Å². The van der Waals surface area contributed by atoms with Crippen LogP contribution in [0.3, 0.4) is 0 Å². The average molecular weight is 381 g/mol. The molecule has 0 radical (unpaired) electrons. The Morgan fingerprint density at radius 2 is 1.96 bits per heavy atom. The number of halogens is 3. The number of hydrazone groups is 1. The molecule has 0 aliphatic carbocycles. The lowest BCUT2D eigenvalue weighted by atomic mass is 10.1. The molecular formula is C17H14F3N3O2S. The van der Waals surface area contributed by atoms with Gasteiger partial charge in [0.05, 0.1) is 11.8 Å². The Labute approximate surface area is 152 Å². The molecule has 0 aromatic heterocycles. The Morgan fingerprint density at radius 3 is 2.77 bits per heavy atom. The molecule has 1 aliphatic heterocycles. The second-order valence-electron chi connectivity index (χ2n) is 5.36. The Hall–Kier alpha value is -2.81. The van der Waals surface area contributed by atoms with Crippen LogP contribution in [-0.2, 0) is 12.7 Å². The van der Waals surface area contributed by atoms with Gasteiger partial charge in [-0.2, -0.15) is 18.3 Å². The van der Waals surface area contributed by atoms with Gasteiger partial charge in [0.15, 0.2) is 16.6 Å². The molecule has 2 aromatic rings. The van der Waals surface area contributed by atoms with E-state index < -0.39 is 11.7 Å². The van der Waals surface area contributed by atoms with Crippen molar-refractivity contribution in [3.05, 3.63) is 59.2 Å². The molecule has 0 unspecified atom stereocenters. The molecule has 2 N–H and O–H groups in total. The van der Waals surface area contributed by atoms with E-state index in [9.17, 15) is 13.2 Å². The molecule has 0 atom stereocenters. The lowest BCUT2D eigenvalue weighted by molar-refractivity contribution is -0.137. The predicted octanol–water partition coefficient (Wildman–Crippen LogP) is 3.43. The third kappa shape index (κ3) is 4.63. The van der Waals surface area contributed by atoms with Crippen molar-refractivity contribution in [3.63, 3.8) is 0 Å². The van der Waals surface area contributed by atoms with Crippen molar-refractivity contribution in [1.29, 1.82) is 0 Å². The highest BCUT2D eigenvalue weighted by Crippen LogP contribution is 2.32. The molecule has 5 nitrogen and oxygen atoms in total. The van der Waals surface area contributed by atoms with Gasteiger partial charge in [-0.25, -0.2) is 0 Å². The van der Waals surface area contributed by atoms with Crippen LogP contribution in [0.2, 0.25) is 0 Å². The van der Waals surface area contributed by atoms with E-state index in [2.05, 4.69) is 15.8 Å². The molecule has 2 aromatic carbocycles. The van der Waals surface area contributed by atoms with Crippen molar-refractivity contribution in [2.45, 2.75) is 12.7 Å². The van der Waals surface area contributed by atoms with Gasteiger partial charge in [-0.1, -0.05) is 18.2 Å². The fourth-order valence-electron chi connectivity index (χ4n) is 2.23. The molecular weight excluding hydrogens is 367 g/mol. The topological polar surface area (TPSA) is 54.9 Å². The Bertz CT molecular complexity index is 840. The first kappa shape index (κ1) is 18.0. The van der Waals surface area contributed by atoms with Gasteiger partial charge in [-0.05, 0) is 47.6 Å². The average Bonchev–Trinajstić information content (AvgIpc) is 3.07. The zero-order valence-corrected chi connectivity index (χ0v) is 14.2. The zero-order valence-electron chi connectivity index (χ0n) is 13.3. The standard InChI is InChI=1S/C17H14F3N3O2S/c18-17(19,20)13-3-1-2-11(6-13)9-22-23-16(26)21-8-12-4-5-14-15(7-12)25-10-24-14/h1-7,9H,8,10H2,(H2,21,23,26)/b22-9-. The molecule has 0 amide bonds. The Morgan fingerprint density at radius 1 is 1.15 bits per heavy atom. The third-order valence-electron chi connectivity index (χ3n) is 3.48. The van der Waals surface area contributed by atoms with Gasteiger partial charge in [-0.3, -0.25) is 5.43 Å². The summed E-state index contributed by atoms with van der Waals surface area (Å²) >= 11 is 5.08. The molecule has 0 bridgehead atoms. The second kappa shape index (κ2) is 7.61. The van der Waals surface area contributed by atoms with Crippen molar-refractivity contribution in [2.24, 2.45) is 5.10 Å². The summed E-state index contributed by atoms with van der Waals surface area (Å²) < 4.78 is 48.5. The number of nitrogens with zero attached hydrogens (tertiary/aromatic N) is 1. The van der Waals surface area contributed by atoms with Crippen LogP contribution in [0.25, 0.3) is 0 Å². The first-order valence-corrected chi connectivity index (χ1v) is 7.95. The molecule has 3 rings (SSSR count). The van der Waals surface area contributed by atoms with Crippen LogP contribution >= 0.6 is 12.2 Å². The summed E-state index contributed by atoms with van der Waals surface area (Å²) in [7, 11) is 0. The molecule has 9 heteroatoms. The van der Waals surface area contributed by atoms with Crippen molar-refractivity contribution >= 4 is 23.5 Å². The quantitative estimate of drug-likeness (QED) is 0.483. The second-order valence-corrected chi connectivity index (χ2v) is 5.77. The molecule has 26 heavy (non-hydrogen) atoms. The van der Waals surface area contributed by atoms with E-state index >= 15 is 0 Å². The maximum atomic E-state index is 12.7. The minimum absolute atomic E-state index is 0.205. The van der Waals surface area contributed by atoms with Gasteiger partial charge in [0.1, 0.15) is 0 Å². The highest BCUT2D eigenvalue weighted by Gasteiger charge is 2.30. The van der Waals surface area contributed by atoms with Gasteiger partial charge in [0.2, 0.25) is 6.79 Å². The van der Waals surface area contributed by atoms with Crippen LogP contribution in [0.15, 0.2) is 47.6 Å². The number of fused-ring (bicyclic) bond motifs is 1. The van der Waals surface area contributed by atoms with E-state index in [0.717, 1.165) is 17.7 Å². The molecule has 1 aliphatic rings. The first-order valence-electron chi connectivity index (χ1n) is 7.54. The molecule has 0 spiro atoms. The highest BCUT2D eigenvalue weighted by atomic mass is 32.1. The lowest BCUT2D eigenvalue weighted by Gasteiger charge is -2.08. The number of hydrogen-bond donors (Lipinski definition) is 2. The zero-order chi connectivity index (χ0) is 18.6. The molecule has 0 fully saturated rings. The molecule has 136 valence electrons. The molecule has 0 saturated carbocycles. The Kier molecular flexibility index (Phi) is 5.27. The minimum atomic E-state index is -4.39.